The fraction of sp³-hybridized carbons (Fsp3) is 0.467. The molecule has 0 radical (unpaired) electrons. The van der Waals surface area contributed by atoms with E-state index in [0.717, 1.165) is 0 Å². The van der Waals surface area contributed by atoms with Gasteiger partial charge >= 0.3 is 0 Å². The van der Waals surface area contributed by atoms with Gasteiger partial charge in [0.1, 0.15) is 0 Å². The maximum Gasteiger partial charge on any atom is 0.293 e. The van der Waals surface area contributed by atoms with Crippen LogP contribution in [-0.2, 0) is 9.53 Å². The molecule has 8 heteroatoms. The lowest BCUT2D eigenvalue weighted by atomic mass is 10.1. The van der Waals surface area contributed by atoms with Gasteiger partial charge in [-0.25, -0.2) is 4.98 Å². The zero-order valence-corrected chi connectivity index (χ0v) is 12.3. The molecule has 0 aliphatic carbocycles. The Hall–Kier alpha value is -2.48. The van der Waals surface area contributed by atoms with E-state index in [1.807, 2.05) is 0 Å². The molecule has 2 aromatic rings. The lowest BCUT2D eigenvalue weighted by Gasteiger charge is -2.31. The molecule has 0 N–H and O–H groups in total. The van der Waals surface area contributed by atoms with Gasteiger partial charge in [-0.2, -0.15) is 0 Å². The Morgan fingerprint density at radius 2 is 2.30 bits per heavy atom. The average Bonchev–Trinajstić information content (AvgIpc) is 3.28. The second-order valence-corrected chi connectivity index (χ2v) is 6.09. The number of pyridine rings is 1. The van der Waals surface area contributed by atoms with Crippen molar-refractivity contribution in [3.05, 3.63) is 24.1 Å². The van der Waals surface area contributed by atoms with E-state index in [2.05, 4.69) is 10.1 Å². The van der Waals surface area contributed by atoms with Gasteiger partial charge in [0, 0.05) is 25.7 Å². The first kappa shape index (κ1) is 13.0. The summed E-state index contributed by atoms with van der Waals surface area (Å²) < 4.78 is 11.1. The van der Waals surface area contributed by atoms with Gasteiger partial charge in [-0.05, 0) is 12.1 Å². The van der Waals surface area contributed by atoms with Crippen LogP contribution < -0.4 is 0 Å². The Kier molecular flexibility index (Phi) is 2.42. The van der Waals surface area contributed by atoms with Crippen LogP contribution in [0.4, 0.5) is 0 Å². The smallest absolute Gasteiger partial charge is 0.293 e. The first-order valence-electron chi connectivity index (χ1n) is 7.66. The Morgan fingerprint density at radius 3 is 3.22 bits per heavy atom. The topological polar surface area (TPSA) is 88.8 Å². The van der Waals surface area contributed by atoms with E-state index in [9.17, 15) is 9.59 Å². The summed E-state index contributed by atoms with van der Waals surface area (Å²) in [6, 6.07) is 3.24. The molecule has 2 aromatic heterocycles. The van der Waals surface area contributed by atoms with Crippen LogP contribution in [0.3, 0.4) is 0 Å². The highest BCUT2D eigenvalue weighted by Gasteiger charge is 2.63. The van der Waals surface area contributed by atoms with Crippen molar-refractivity contribution < 1.29 is 18.8 Å². The van der Waals surface area contributed by atoms with E-state index in [1.165, 1.54) is 0 Å². The number of aromatic nitrogens is 2. The number of nitrogens with zero attached hydrogens (tertiary/aromatic N) is 4. The molecule has 3 saturated heterocycles. The summed E-state index contributed by atoms with van der Waals surface area (Å²) in [5.74, 6) is -0.0318. The van der Waals surface area contributed by atoms with Gasteiger partial charge in [-0.1, -0.05) is 5.16 Å². The Morgan fingerprint density at radius 1 is 1.39 bits per heavy atom. The number of likely N-dealkylation sites (tertiary alicyclic amines) is 1. The van der Waals surface area contributed by atoms with Crippen molar-refractivity contribution in [3.8, 4) is 0 Å². The third kappa shape index (κ3) is 1.53. The largest absolute Gasteiger partial charge is 0.351 e. The van der Waals surface area contributed by atoms with E-state index >= 15 is 0 Å². The van der Waals surface area contributed by atoms with E-state index in [-0.39, 0.29) is 23.6 Å². The summed E-state index contributed by atoms with van der Waals surface area (Å²) >= 11 is 0. The van der Waals surface area contributed by atoms with E-state index < -0.39 is 5.72 Å². The number of rotatable bonds is 1. The third-order valence-corrected chi connectivity index (χ3v) is 5.11. The average molecular weight is 314 g/mol. The number of amides is 2. The lowest BCUT2D eigenvalue weighted by Crippen LogP contribution is -2.48. The van der Waals surface area contributed by atoms with Crippen LogP contribution in [0, 0.1) is 0 Å². The SMILES string of the molecule is O=C(c1onc2ncccc12)N1CC[C@@]23OCCN2C(=O)C[C@@H]13. The number of ether oxygens (including phenoxy) is 1. The molecule has 3 fully saturated rings. The highest BCUT2D eigenvalue weighted by molar-refractivity contribution is 6.03. The fourth-order valence-electron chi connectivity index (χ4n) is 4.10. The van der Waals surface area contributed by atoms with Crippen molar-refractivity contribution in [2.45, 2.75) is 24.6 Å². The molecule has 1 spiro atoms. The van der Waals surface area contributed by atoms with E-state index in [4.69, 9.17) is 9.26 Å². The van der Waals surface area contributed by atoms with Crippen LogP contribution in [0.5, 0.6) is 0 Å². The molecule has 5 rings (SSSR count). The van der Waals surface area contributed by atoms with Crippen molar-refractivity contribution in [2.24, 2.45) is 0 Å². The minimum absolute atomic E-state index is 0.0501. The maximum atomic E-state index is 12.9. The zero-order chi connectivity index (χ0) is 15.6. The molecular formula is C15H14N4O4. The first-order valence-corrected chi connectivity index (χ1v) is 7.66. The first-order chi connectivity index (χ1) is 11.2. The number of carbonyl (C=O) groups is 2. The van der Waals surface area contributed by atoms with Gasteiger partial charge in [0.15, 0.2) is 5.72 Å². The van der Waals surface area contributed by atoms with Crippen LogP contribution in [0.25, 0.3) is 11.0 Å². The Bertz CT molecular complexity index is 834. The second-order valence-electron chi connectivity index (χ2n) is 6.09. The fourth-order valence-corrected chi connectivity index (χ4v) is 4.10. The van der Waals surface area contributed by atoms with Gasteiger partial charge in [0.05, 0.1) is 24.5 Å². The summed E-state index contributed by atoms with van der Waals surface area (Å²) in [6.07, 6.45) is 2.54. The van der Waals surface area contributed by atoms with Crippen LogP contribution in [0.15, 0.2) is 22.9 Å². The van der Waals surface area contributed by atoms with Gasteiger partial charge < -0.3 is 19.1 Å². The molecule has 0 bridgehead atoms. The van der Waals surface area contributed by atoms with Crippen LogP contribution >= 0.6 is 0 Å². The van der Waals surface area contributed by atoms with Crippen molar-refractivity contribution >= 4 is 22.8 Å². The second kappa shape index (κ2) is 4.29. The molecular weight excluding hydrogens is 300 g/mol. The van der Waals surface area contributed by atoms with Gasteiger partial charge in [-0.15, -0.1) is 0 Å². The number of fused-ring (bicyclic) bond motifs is 1. The summed E-state index contributed by atoms with van der Waals surface area (Å²) in [4.78, 5) is 32.7. The number of hydrogen-bond donors (Lipinski definition) is 0. The van der Waals surface area contributed by atoms with E-state index in [1.54, 1.807) is 28.1 Å². The number of hydrogen-bond acceptors (Lipinski definition) is 6. The molecule has 118 valence electrons. The van der Waals surface area contributed by atoms with Gasteiger partial charge in [0.25, 0.3) is 5.91 Å². The molecule has 8 nitrogen and oxygen atoms in total. The standard InChI is InChI=1S/C15H14N4O4/c20-11-8-10-15(19(11)6-7-22-15)3-5-18(10)14(21)12-9-2-1-4-16-13(9)17-23-12/h1-2,4,10H,3,5-8H2/t10-,15+/m1/s1. The molecule has 3 aliphatic rings. The zero-order valence-electron chi connectivity index (χ0n) is 12.3. The quantitative estimate of drug-likeness (QED) is 0.757. The predicted octanol–water partition coefficient (Wildman–Crippen LogP) is 0.396. The molecule has 2 amide bonds. The highest BCUT2D eigenvalue weighted by Crippen LogP contribution is 2.46. The minimum Gasteiger partial charge on any atom is -0.351 e. The molecule has 23 heavy (non-hydrogen) atoms. The minimum atomic E-state index is -0.638. The Labute approximate surface area is 131 Å². The van der Waals surface area contributed by atoms with Crippen molar-refractivity contribution in [3.63, 3.8) is 0 Å². The van der Waals surface area contributed by atoms with Crippen LogP contribution in [0.1, 0.15) is 23.4 Å². The lowest BCUT2D eigenvalue weighted by molar-refractivity contribution is -0.136. The van der Waals surface area contributed by atoms with Crippen molar-refractivity contribution in [2.75, 3.05) is 19.7 Å². The molecule has 0 saturated carbocycles. The molecule has 5 heterocycles. The summed E-state index contributed by atoms with van der Waals surface area (Å²) in [6.45, 7) is 1.67. The van der Waals surface area contributed by atoms with Gasteiger partial charge in [0.2, 0.25) is 17.3 Å². The highest BCUT2D eigenvalue weighted by atomic mass is 16.5. The molecule has 0 aromatic carbocycles. The summed E-state index contributed by atoms with van der Waals surface area (Å²) in [5.41, 5.74) is -0.230. The normalized spacial score (nSPS) is 29.4. The predicted molar refractivity (Wildman–Crippen MR) is 76.3 cm³/mol. The monoisotopic (exact) mass is 314 g/mol. The van der Waals surface area contributed by atoms with Crippen LogP contribution in [0.2, 0.25) is 0 Å². The molecule has 0 unspecified atom stereocenters. The molecule has 2 atom stereocenters. The number of carbonyl (C=O) groups excluding carboxylic acids is 2. The van der Waals surface area contributed by atoms with Crippen molar-refractivity contribution in [1.29, 1.82) is 0 Å². The summed E-state index contributed by atoms with van der Waals surface area (Å²) in [7, 11) is 0. The van der Waals surface area contributed by atoms with E-state index in [0.29, 0.717) is 43.6 Å². The maximum absolute atomic E-state index is 12.9. The Balaban J connectivity index is 1.53. The summed E-state index contributed by atoms with van der Waals surface area (Å²) in [5, 5.41) is 4.42. The third-order valence-electron chi connectivity index (χ3n) is 5.11. The van der Waals surface area contributed by atoms with Gasteiger partial charge in [-0.3, -0.25) is 9.59 Å². The van der Waals surface area contributed by atoms with Crippen LogP contribution in [-0.4, -0.2) is 63.2 Å². The molecule has 3 aliphatic heterocycles. The van der Waals surface area contributed by atoms with Crippen molar-refractivity contribution in [1.82, 2.24) is 19.9 Å².